The Morgan fingerprint density at radius 3 is 2.58 bits per heavy atom. The molecule has 1 aliphatic rings. The lowest BCUT2D eigenvalue weighted by molar-refractivity contribution is -0.921. The maximum absolute atomic E-state index is 5.72. The van der Waals surface area contributed by atoms with E-state index in [1.807, 2.05) is 12.1 Å². The SMILES string of the molecule is c1ccc(CC2CC[NH+](Cc3nnc(-c4ccco4)o3)CC2)cc1. The van der Waals surface area contributed by atoms with Crippen molar-refractivity contribution in [2.45, 2.75) is 25.8 Å². The second-order valence-corrected chi connectivity index (χ2v) is 6.54. The van der Waals surface area contributed by atoms with Crippen LogP contribution in [-0.4, -0.2) is 23.3 Å². The van der Waals surface area contributed by atoms with Gasteiger partial charge in [0.2, 0.25) is 0 Å². The number of piperidine rings is 1. The summed E-state index contributed by atoms with van der Waals surface area (Å²) in [6.45, 7) is 3.12. The molecule has 1 N–H and O–H groups in total. The highest BCUT2D eigenvalue weighted by molar-refractivity contribution is 5.42. The van der Waals surface area contributed by atoms with E-state index < -0.39 is 0 Å². The number of quaternary nitrogens is 1. The number of aromatic nitrogens is 2. The Morgan fingerprint density at radius 1 is 1.00 bits per heavy atom. The second-order valence-electron chi connectivity index (χ2n) is 6.54. The average molecular weight is 324 g/mol. The molecule has 0 bridgehead atoms. The van der Waals surface area contributed by atoms with E-state index in [1.54, 1.807) is 6.26 Å². The molecule has 1 saturated heterocycles. The number of hydrogen-bond donors (Lipinski definition) is 1. The van der Waals surface area contributed by atoms with Crippen LogP contribution in [0.5, 0.6) is 0 Å². The number of likely N-dealkylation sites (tertiary alicyclic amines) is 1. The normalized spacial score (nSPS) is 21.0. The zero-order chi connectivity index (χ0) is 16.2. The Balaban J connectivity index is 1.29. The van der Waals surface area contributed by atoms with Crippen LogP contribution in [0.4, 0.5) is 0 Å². The van der Waals surface area contributed by atoms with Gasteiger partial charge in [0.05, 0.1) is 19.4 Å². The van der Waals surface area contributed by atoms with Gasteiger partial charge in [-0.15, -0.1) is 10.2 Å². The molecule has 0 saturated carbocycles. The van der Waals surface area contributed by atoms with Crippen molar-refractivity contribution in [3.8, 4) is 11.7 Å². The number of nitrogens with one attached hydrogen (secondary N) is 1. The summed E-state index contributed by atoms with van der Waals surface area (Å²) in [4.78, 5) is 1.52. The first-order valence-corrected chi connectivity index (χ1v) is 8.60. The van der Waals surface area contributed by atoms with Gasteiger partial charge in [-0.1, -0.05) is 30.3 Å². The molecule has 3 aromatic rings. The van der Waals surface area contributed by atoms with Gasteiger partial charge in [-0.05, 0) is 42.9 Å². The van der Waals surface area contributed by atoms with Crippen LogP contribution >= 0.6 is 0 Å². The van der Waals surface area contributed by atoms with Gasteiger partial charge < -0.3 is 13.7 Å². The van der Waals surface area contributed by atoms with Crippen molar-refractivity contribution >= 4 is 0 Å². The molecule has 5 heteroatoms. The molecule has 124 valence electrons. The lowest BCUT2D eigenvalue weighted by Crippen LogP contribution is -3.11. The summed E-state index contributed by atoms with van der Waals surface area (Å²) in [6, 6.07) is 14.4. The highest BCUT2D eigenvalue weighted by atomic mass is 16.4. The number of hydrogen-bond acceptors (Lipinski definition) is 4. The molecular weight excluding hydrogens is 302 g/mol. The molecule has 1 aromatic carbocycles. The van der Waals surface area contributed by atoms with Crippen LogP contribution in [0, 0.1) is 5.92 Å². The van der Waals surface area contributed by atoms with Crippen LogP contribution < -0.4 is 4.90 Å². The highest BCUT2D eigenvalue weighted by Gasteiger charge is 2.24. The van der Waals surface area contributed by atoms with Crippen molar-refractivity contribution in [2.75, 3.05) is 13.1 Å². The van der Waals surface area contributed by atoms with Crippen molar-refractivity contribution < 1.29 is 13.7 Å². The molecule has 0 unspecified atom stereocenters. The van der Waals surface area contributed by atoms with Crippen molar-refractivity contribution in [3.63, 3.8) is 0 Å². The molecule has 0 aliphatic carbocycles. The number of rotatable bonds is 5. The standard InChI is InChI=1S/C19H21N3O2/c1-2-5-15(6-3-1)13-16-8-10-22(11-9-16)14-18-20-21-19(24-18)17-7-4-12-23-17/h1-7,12,16H,8-11,13-14H2/p+1. The summed E-state index contributed by atoms with van der Waals surface area (Å²) in [6.07, 6.45) is 5.31. The molecule has 0 atom stereocenters. The van der Waals surface area contributed by atoms with E-state index in [0.29, 0.717) is 17.5 Å². The smallest absolute Gasteiger partial charge is 0.283 e. The van der Waals surface area contributed by atoms with E-state index in [0.717, 1.165) is 25.6 Å². The third-order valence-electron chi connectivity index (χ3n) is 4.78. The first kappa shape index (κ1) is 15.1. The fourth-order valence-corrected chi connectivity index (χ4v) is 3.45. The second kappa shape index (κ2) is 7.01. The number of benzene rings is 1. The predicted octanol–water partition coefficient (Wildman–Crippen LogP) is 2.37. The molecule has 2 aromatic heterocycles. The maximum Gasteiger partial charge on any atom is 0.283 e. The molecule has 1 fully saturated rings. The molecule has 0 radical (unpaired) electrons. The van der Waals surface area contributed by atoms with E-state index in [4.69, 9.17) is 8.83 Å². The first-order chi connectivity index (χ1) is 11.9. The fourth-order valence-electron chi connectivity index (χ4n) is 3.45. The van der Waals surface area contributed by atoms with Crippen LogP contribution in [0.2, 0.25) is 0 Å². The highest BCUT2D eigenvalue weighted by Crippen LogP contribution is 2.18. The van der Waals surface area contributed by atoms with Gasteiger partial charge in [-0.3, -0.25) is 0 Å². The third-order valence-corrected chi connectivity index (χ3v) is 4.78. The molecular formula is C19H22N3O2+. The van der Waals surface area contributed by atoms with Crippen molar-refractivity contribution in [2.24, 2.45) is 5.92 Å². The van der Waals surface area contributed by atoms with Gasteiger partial charge >= 0.3 is 0 Å². The summed E-state index contributed by atoms with van der Waals surface area (Å²) >= 11 is 0. The van der Waals surface area contributed by atoms with Crippen LogP contribution in [0.25, 0.3) is 11.7 Å². The van der Waals surface area contributed by atoms with E-state index in [2.05, 4.69) is 40.5 Å². The fraction of sp³-hybridized carbons (Fsp3) is 0.368. The van der Waals surface area contributed by atoms with Crippen LogP contribution in [0.3, 0.4) is 0 Å². The molecule has 3 heterocycles. The van der Waals surface area contributed by atoms with Gasteiger partial charge in [-0.25, -0.2) is 0 Å². The minimum absolute atomic E-state index is 0.466. The van der Waals surface area contributed by atoms with Crippen LogP contribution in [-0.2, 0) is 13.0 Å². The summed E-state index contributed by atoms with van der Waals surface area (Å²) in [5.74, 6) is 2.58. The molecule has 0 spiro atoms. The summed E-state index contributed by atoms with van der Waals surface area (Å²) in [5.41, 5.74) is 1.45. The van der Waals surface area contributed by atoms with E-state index in [-0.39, 0.29) is 0 Å². The van der Waals surface area contributed by atoms with Gasteiger partial charge in [0.25, 0.3) is 11.8 Å². The zero-order valence-corrected chi connectivity index (χ0v) is 13.6. The van der Waals surface area contributed by atoms with Gasteiger partial charge in [-0.2, -0.15) is 0 Å². The Morgan fingerprint density at radius 2 is 1.83 bits per heavy atom. The van der Waals surface area contributed by atoms with Crippen molar-refractivity contribution in [1.82, 2.24) is 10.2 Å². The molecule has 5 nitrogen and oxygen atoms in total. The predicted molar refractivity (Wildman–Crippen MR) is 89.3 cm³/mol. The summed E-state index contributed by atoms with van der Waals surface area (Å²) in [5, 5.41) is 8.23. The minimum atomic E-state index is 0.466. The molecule has 0 amide bonds. The van der Waals surface area contributed by atoms with E-state index >= 15 is 0 Å². The quantitative estimate of drug-likeness (QED) is 0.783. The monoisotopic (exact) mass is 324 g/mol. The van der Waals surface area contributed by atoms with Crippen LogP contribution in [0.1, 0.15) is 24.3 Å². The minimum Gasteiger partial charge on any atom is -0.459 e. The molecule has 4 rings (SSSR count). The summed E-state index contributed by atoms with van der Waals surface area (Å²) < 4.78 is 11.0. The van der Waals surface area contributed by atoms with Gasteiger partial charge in [0.15, 0.2) is 12.3 Å². The average Bonchev–Trinajstić information content (AvgIpc) is 3.29. The van der Waals surface area contributed by atoms with E-state index in [9.17, 15) is 0 Å². The zero-order valence-electron chi connectivity index (χ0n) is 13.6. The Labute approximate surface area is 141 Å². The van der Waals surface area contributed by atoms with Gasteiger partial charge in [0, 0.05) is 0 Å². The molecule has 24 heavy (non-hydrogen) atoms. The lowest BCUT2D eigenvalue weighted by Gasteiger charge is -2.28. The largest absolute Gasteiger partial charge is 0.459 e. The van der Waals surface area contributed by atoms with Crippen molar-refractivity contribution in [3.05, 3.63) is 60.2 Å². The Kier molecular flexibility index (Phi) is 4.42. The number of nitrogens with zero attached hydrogens (tertiary/aromatic N) is 2. The lowest BCUT2D eigenvalue weighted by atomic mass is 9.90. The maximum atomic E-state index is 5.72. The van der Waals surface area contributed by atoms with Crippen molar-refractivity contribution in [1.29, 1.82) is 0 Å². The number of furan rings is 1. The van der Waals surface area contributed by atoms with Gasteiger partial charge in [0.1, 0.15) is 0 Å². The summed E-state index contributed by atoms with van der Waals surface area (Å²) in [7, 11) is 0. The first-order valence-electron chi connectivity index (χ1n) is 8.60. The molecule has 1 aliphatic heterocycles. The Hall–Kier alpha value is -2.40. The van der Waals surface area contributed by atoms with E-state index in [1.165, 1.54) is 29.7 Å². The third kappa shape index (κ3) is 3.57. The Bertz CT molecular complexity index is 744. The topological polar surface area (TPSA) is 56.5 Å². The van der Waals surface area contributed by atoms with Crippen LogP contribution in [0.15, 0.2) is 57.6 Å².